The number of amides is 1. The lowest BCUT2D eigenvalue weighted by atomic mass is 9.87. The summed E-state index contributed by atoms with van der Waals surface area (Å²) in [5, 5.41) is 0. The number of hydrogen-bond acceptors (Lipinski definition) is 2. The van der Waals surface area contributed by atoms with E-state index in [1.54, 1.807) is 0 Å². The molecule has 2 N–H and O–H groups in total. The lowest BCUT2D eigenvalue weighted by molar-refractivity contribution is 0.0392. The number of benzene rings is 2. The summed E-state index contributed by atoms with van der Waals surface area (Å²) in [4.78, 5) is 11.2. The molecule has 0 aliphatic heterocycles. The van der Waals surface area contributed by atoms with Crippen LogP contribution >= 0.6 is 0 Å². The predicted molar refractivity (Wildman–Crippen MR) is 101 cm³/mol. The average Bonchev–Trinajstić information content (AvgIpc) is 2.82. The van der Waals surface area contributed by atoms with Crippen LogP contribution in [0.5, 0.6) is 0 Å². The Morgan fingerprint density at radius 3 is 2.48 bits per heavy atom. The molecule has 0 bridgehead atoms. The Labute approximate surface area is 150 Å². The zero-order valence-corrected chi connectivity index (χ0v) is 15.3. The Morgan fingerprint density at radius 1 is 1.16 bits per heavy atom. The summed E-state index contributed by atoms with van der Waals surface area (Å²) in [5.41, 5.74) is 11.3. The number of unbranched alkanes of at least 4 members (excludes halogenated alkanes) is 1. The van der Waals surface area contributed by atoms with Crippen LogP contribution in [0.3, 0.4) is 0 Å². The van der Waals surface area contributed by atoms with Crippen molar-refractivity contribution in [2.24, 2.45) is 11.1 Å². The Morgan fingerprint density at radius 2 is 1.84 bits per heavy atom. The summed E-state index contributed by atoms with van der Waals surface area (Å²) in [5.74, 6) is 0. The molecule has 1 amide bonds. The highest BCUT2D eigenvalue weighted by atomic mass is 16.6. The molecule has 0 heterocycles. The third-order valence-electron chi connectivity index (χ3n) is 5.12. The van der Waals surface area contributed by atoms with Gasteiger partial charge in [0.05, 0.1) is 0 Å². The van der Waals surface area contributed by atoms with Crippen LogP contribution in [-0.4, -0.2) is 6.09 Å². The van der Waals surface area contributed by atoms with Crippen molar-refractivity contribution in [1.29, 1.82) is 0 Å². The second-order valence-electron chi connectivity index (χ2n) is 7.70. The molecule has 0 spiro atoms. The van der Waals surface area contributed by atoms with Crippen LogP contribution < -0.4 is 5.73 Å². The maximum atomic E-state index is 11.2. The van der Waals surface area contributed by atoms with Crippen molar-refractivity contribution in [3.8, 4) is 11.1 Å². The van der Waals surface area contributed by atoms with Gasteiger partial charge in [0, 0.05) is 5.41 Å². The number of ether oxygens (including phenoxy) is 1. The van der Waals surface area contributed by atoms with E-state index in [1.165, 1.54) is 35.1 Å². The number of fused-ring (bicyclic) bond motifs is 1. The molecule has 25 heavy (non-hydrogen) atoms. The SMILES string of the molecule is CCCCc1ccc(-c2ccc3c(c2)CC(C)(C)C3OC(N)=O)cc1. The fraction of sp³-hybridized carbons (Fsp3) is 0.409. The second kappa shape index (κ2) is 6.91. The quantitative estimate of drug-likeness (QED) is 0.792. The third kappa shape index (κ3) is 3.71. The standard InChI is InChI=1S/C22H27NO2/c1-4-5-6-15-7-9-16(10-8-15)17-11-12-19-18(13-17)14-22(2,3)20(19)25-21(23)24/h7-13,20H,4-6,14H2,1-3H3,(H2,23,24). The fourth-order valence-electron chi connectivity index (χ4n) is 3.78. The third-order valence-corrected chi connectivity index (χ3v) is 5.12. The van der Waals surface area contributed by atoms with E-state index in [0.717, 1.165) is 18.4 Å². The zero-order chi connectivity index (χ0) is 18.0. The fourth-order valence-corrected chi connectivity index (χ4v) is 3.78. The number of nitrogens with two attached hydrogens (primary N) is 1. The van der Waals surface area contributed by atoms with Gasteiger partial charge < -0.3 is 10.5 Å². The van der Waals surface area contributed by atoms with Gasteiger partial charge in [-0.15, -0.1) is 0 Å². The molecule has 1 aliphatic carbocycles. The number of rotatable bonds is 5. The second-order valence-corrected chi connectivity index (χ2v) is 7.70. The van der Waals surface area contributed by atoms with Gasteiger partial charge in [0.1, 0.15) is 6.10 Å². The van der Waals surface area contributed by atoms with E-state index in [2.05, 4.69) is 63.2 Å². The molecule has 132 valence electrons. The number of carbonyl (C=O) groups excluding carboxylic acids is 1. The normalized spacial score (nSPS) is 18.0. The first kappa shape index (κ1) is 17.5. The first-order valence-electron chi connectivity index (χ1n) is 9.09. The van der Waals surface area contributed by atoms with E-state index in [1.807, 2.05) is 0 Å². The van der Waals surface area contributed by atoms with E-state index in [0.29, 0.717) is 0 Å². The summed E-state index contributed by atoms with van der Waals surface area (Å²) >= 11 is 0. The summed E-state index contributed by atoms with van der Waals surface area (Å²) in [6, 6.07) is 15.3. The van der Waals surface area contributed by atoms with Crippen molar-refractivity contribution in [1.82, 2.24) is 0 Å². The smallest absolute Gasteiger partial charge is 0.405 e. The molecule has 0 aromatic heterocycles. The van der Waals surface area contributed by atoms with Crippen molar-refractivity contribution >= 4 is 6.09 Å². The topological polar surface area (TPSA) is 52.3 Å². The van der Waals surface area contributed by atoms with Gasteiger partial charge in [-0.2, -0.15) is 0 Å². The molecular formula is C22H27NO2. The number of primary amides is 1. The average molecular weight is 337 g/mol. The van der Waals surface area contributed by atoms with Gasteiger partial charge >= 0.3 is 6.09 Å². The summed E-state index contributed by atoms with van der Waals surface area (Å²) < 4.78 is 5.39. The molecule has 0 fully saturated rings. The van der Waals surface area contributed by atoms with Gasteiger partial charge in [0.15, 0.2) is 0 Å². The van der Waals surface area contributed by atoms with Gasteiger partial charge in [-0.25, -0.2) is 4.79 Å². The zero-order valence-electron chi connectivity index (χ0n) is 15.3. The van der Waals surface area contributed by atoms with Gasteiger partial charge in [-0.05, 0) is 47.1 Å². The maximum absolute atomic E-state index is 11.2. The summed E-state index contributed by atoms with van der Waals surface area (Å²) in [6.07, 6.45) is 3.48. The van der Waals surface area contributed by atoms with Crippen molar-refractivity contribution in [3.63, 3.8) is 0 Å². The molecule has 1 unspecified atom stereocenters. The van der Waals surface area contributed by atoms with Gasteiger partial charge in [-0.1, -0.05) is 69.7 Å². The van der Waals surface area contributed by atoms with E-state index < -0.39 is 6.09 Å². The van der Waals surface area contributed by atoms with Gasteiger partial charge in [0.2, 0.25) is 0 Å². The molecule has 0 radical (unpaired) electrons. The van der Waals surface area contributed by atoms with E-state index >= 15 is 0 Å². The van der Waals surface area contributed by atoms with Crippen LogP contribution in [0, 0.1) is 5.41 Å². The van der Waals surface area contributed by atoms with Gasteiger partial charge in [0.25, 0.3) is 0 Å². The highest BCUT2D eigenvalue weighted by Crippen LogP contribution is 2.48. The number of aryl methyl sites for hydroxylation is 1. The first-order chi connectivity index (χ1) is 11.9. The molecule has 3 rings (SSSR count). The molecular weight excluding hydrogens is 310 g/mol. The molecule has 2 aromatic carbocycles. The minimum atomic E-state index is -0.710. The van der Waals surface area contributed by atoms with Crippen LogP contribution in [0.1, 0.15) is 56.4 Å². The molecule has 0 saturated carbocycles. The van der Waals surface area contributed by atoms with Crippen molar-refractivity contribution in [3.05, 3.63) is 59.2 Å². The predicted octanol–water partition coefficient (Wildman–Crippen LogP) is 5.41. The number of carbonyl (C=O) groups is 1. The van der Waals surface area contributed by atoms with Gasteiger partial charge in [-0.3, -0.25) is 0 Å². The van der Waals surface area contributed by atoms with Crippen molar-refractivity contribution in [2.45, 2.75) is 52.6 Å². The molecule has 2 aromatic rings. The van der Waals surface area contributed by atoms with E-state index in [9.17, 15) is 4.79 Å². The highest BCUT2D eigenvalue weighted by Gasteiger charge is 2.41. The van der Waals surface area contributed by atoms with Crippen LogP contribution in [0.2, 0.25) is 0 Å². The van der Waals surface area contributed by atoms with Crippen LogP contribution in [0.25, 0.3) is 11.1 Å². The Bertz CT molecular complexity index is 762. The lowest BCUT2D eigenvalue weighted by Crippen LogP contribution is -2.25. The molecule has 3 heteroatoms. The Hall–Kier alpha value is -2.29. The minimum absolute atomic E-state index is 0.139. The monoisotopic (exact) mass is 337 g/mol. The first-order valence-corrected chi connectivity index (χ1v) is 9.09. The largest absolute Gasteiger partial charge is 0.441 e. The van der Waals surface area contributed by atoms with E-state index in [-0.39, 0.29) is 11.5 Å². The molecule has 3 nitrogen and oxygen atoms in total. The highest BCUT2D eigenvalue weighted by molar-refractivity contribution is 5.68. The van der Waals surface area contributed by atoms with E-state index in [4.69, 9.17) is 10.5 Å². The van der Waals surface area contributed by atoms with Crippen LogP contribution in [0.4, 0.5) is 4.79 Å². The maximum Gasteiger partial charge on any atom is 0.405 e. The van der Waals surface area contributed by atoms with Crippen molar-refractivity contribution in [2.75, 3.05) is 0 Å². The minimum Gasteiger partial charge on any atom is -0.441 e. The van der Waals surface area contributed by atoms with Crippen LogP contribution in [-0.2, 0) is 17.6 Å². The molecule has 1 aliphatic rings. The number of hydrogen-bond donors (Lipinski definition) is 1. The summed E-state index contributed by atoms with van der Waals surface area (Å²) in [6.45, 7) is 6.45. The lowest BCUT2D eigenvalue weighted by Gasteiger charge is -2.26. The molecule has 0 saturated heterocycles. The molecule has 1 atom stereocenters. The Kier molecular flexibility index (Phi) is 4.85. The Balaban J connectivity index is 1.86. The van der Waals surface area contributed by atoms with Crippen molar-refractivity contribution < 1.29 is 9.53 Å². The van der Waals surface area contributed by atoms with Crippen LogP contribution in [0.15, 0.2) is 42.5 Å². The summed E-state index contributed by atoms with van der Waals surface area (Å²) in [7, 11) is 0.